The van der Waals surface area contributed by atoms with Crippen LogP contribution in [0.15, 0.2) is 53.7 Å². The molecule has 1 aliphatic rings. The van der Waals surface area contributed by atoms with Gasteiger partial charge >= 0.3 is 5.97 Å². The van der Waals surface area contributed by atoms with Crippen molar-refractivity contribution >= 4 is 23.6 Å². The maximum absolute atomic E-state index is 12.1. The quantitative estimate of drug-likeness (QED) is 0.826. The van der Waals surface area contributed by atoms with E-state index >= 15 is 0 Å². The van der Waals surface area contributed by atoms with Gasteiger partial charge in [0.15, 0.2) is 0 Å². The van der Waals surface area contributed by atoms with Crippen molar-refractivity contribution in [1.29, 1.82) is 0 Å². The smallest absolute Gasteiger partial charge is 0.319 e. The Labute approximate surface area is 139 Å². The van der Waals surface area contributed by atoms with E-state index in [9.17, 15) is 9.59 Å². The van der Waals surface area contributed by atoms with Crippen molar-refractivity contribution in [1.82, 2.24) is 9.88 Å². The summed E-state index contributed by atoms with van der Waals surface area (Å²) in [5.41, 5.74) is 0.621. The Bertz CT molecular complexity index is 668. The van der Waals surface area contributed by atoms with Crippen LogP contribution in [-0.4, -0.2) is 34.8 Å². The van der Waals surface area contributed by atoms with E-state index in [4.69, 9.17) is 4.74 Å². The molecule has 1 N–H and O–H groups in total. The number of aromatic nitrogens is 1. The zero-order valence-electron chi connectivity index (χ0n) is 12.6. The Morgan fingerprint density at radius 2 is 2.00 bits per heavy atom. The van der Waals surface area contributed by atoms with Gasteiger partial charge < -0.3 is 14.6 Å². The number of nitrogens with one attached hydrogen (secondary N) is 1. The standard InChI is InChI=1S/C17H18N2O3S/c20-16(18-8-11-19-9-1-2-10-19)13-3-5-14(6-4-13)23-15-7-12-22-17(15)21/h1-6,9-10,15H,7-8,11-12H2,(H,18,20)/t15-/m1/s1. The average molecular weight is 330 g/mol. The fraction of sp³-hybridized carbons (Fsp3) is 0.294. The number of carbonyl (C=O) groups excluding carboxylic acids is 2. The SMILES string of the molecule is O=C(NCCn1cccc1)c1ccc(S[C@@H]2CCOC2=O)cc1. The van der Waals surface area contributed by atoms with E-state index in [1.165, 1.54) is 11.8 Å². The molecule has 1 aromatic carbocycles. The average Bonchev–Trinajstić information content (AvgIpc) is 3.21. The zero-order valence-corrected chi connectivity index (χ0v) is 13.4. The predicted octanol–water partition coefficient (Wildman–Crippen LogP) is 2.33. The molecule has 5 nitrogen and oxygen atoms in total. The van der Waals surface area contributed by atoms with Gasteiger partial charge in [0.05, 0.1) is 6.61 Å². The highest BCUT2D eigenvalue weighted by Gasteiger charge is 2.27. The second-order valence-corrected chi connectivity index (χ2v) is 6.54. The normalized spacial score (nSPS) is 17.0. The van der Waals surface area contributed by atoms with Crippen molar-refractivity contribution in [2.75, 3.05) is 13.2 Å². The lowest BCUT2D eigenvalue weighted by molar-refractivity contribution is -0.137. The number of ether oxygens (including phenoxy) is 1. The number of hydrogen-bond donors (Lipinski definition) is 1. The van der Waals surface area contributed by atoms with Crippen molar-refractivity contribution in [2.24, 2.45) is 0 Å². The second-order valence-electron chi connectivity index (χ2n) is 5.26. The summed E-state index contributed by atoms with van der Waals surface area (Å²) in [5.74, 6) is -0.240. The van der Waals surface area contributed by atoms with Crippen LogP contribution in [-0.2, 0) is 16.1 Å². The maximum atomic E-state index is 12.1. The van der Waals surface area contributed by atoms with Crippen LogP contribution in [0.25, 0.3) is 0 Å². The Morgan fingerprint density at radius 3 is 2.65 bits per heavy atom. The van der Waals surface area contributed by atoms with Gasteiger partial charge in [0.2, 0.25) is 0 Å². The van der Waals surface area contributed by atoms with Gasteiger partial charge in [-0.2, -0.15) is 0 Å². The minimum atomic E-state index is -0.151. The van der Waals surface area contributed by atoms with Crippen LogP contribution in [0.3, 0.4) is 0 Å². The zero-order chi connectivity index (χ0) is 16.1. The number of hydrogen-bond acceptors (Lipinski definition) is 4. The number of esters is 1. The molecule has 0 aliphatic carbocycles. The maximum Gasteiger partial charge on any atom is 0.319 e. The molecule has 1 aliphatic heterocycles. The largest absolute Gasteiger partial charge is 0.465 e. The topological polar surface area (TPSA) is 60.3 Å². The molecule has 6 heteroatoms. The molecule has 0 spiro atoms. The summed E-state index contributed by atoms with van der Waals surface area (Å²) < 4.78 is 6.96. The molecular weight excluding hydrogens is 312 g/mol. The van der Waals surface area contributed by atoms with Crippen LogP contribution < -0.4 is 5.32 Å². The first kappa shape index (κ1) is 15.7. The number of benzene rings is 1. The molecule has 3 rings (SSSR count). The first-order valence-electron chi connectivity index (χ1n) is 7.55. The molecule has 120 valence electrons. The monoisotopic (exact) mass is 330 g/mol. The van der Waals surface area contributed by atoms with E-state index in [0.717, 1.165) is 17.9 Å². The van der Waals surface area contributed by atoms with E-state index < -0.39 is 0 Å². The Hall–Kier alpha value is -2.21. The van der Waals surface area contributed by atoms with E-state index in [1.807, 2.05) is 41.2 Å². The summed E-state index contributed by atoms with van der Waals surface area (Å²) in [6, 6.07) is 11.2. The Kier molecular flexibility index (Phi) is 5.02. The lowest BCUT2D eigenvalue weighted by atomic mass is 10.2. The highest BCUT2D eigenvalue weighted by atomic mass is 32.2. The molecule has 1 saturated heterocycles. The van der Waals surface area contributed by atoms with Crippen LogP contribution >= 0.6 is 11.8 Å². The molecule has 1 amide bonds. The van der Waals surface area contributed by atoms with Gasteiger partial charge in [0.1, 0.15) is 5.25 Å². The number of thioether (sulfide) groups is 1. The summed E-state index contributed by atoms with van der Waals surface area (Å²) in [6.45, 7) is 1.83. The summed E-state index contributed by atoms with van der Waals surface area (Å²) in [7, 11) is 0. The van der Waals surface area contributed by atoms with Crippen molar-refractivity contribution < 1.29 is 14.3 Å². The van der Waals surface area contributed by atoms with Crippen molar-refractivity contribution in [3.63, 3.8) is 0 Å². The third-order valence-corrected chi connectivity index (χ3v) is 4.86. The highest BCUT2D eigenvalue weighted by molar-refractivity contribution is 8.00. The molecule has 2 aromatic rings. The number of cyclic esters (lactones) is 1. The first-order chi connectivity index (χ1) is 11.2. The third kappa shape index (κ3) is 4.16. The van der Waals surface area contributed by atoms with Gasteiger partial charge in [-0.15, -0.1) is 11.8 Å². The third-order valence-electron chi connectivity index (χ3n) is 3.60. The van der Waals surface area contributed by atoms with E-state index in [0.29, 0.717) is 18.7 Å². The van der Waals surface area contributed by atoms with Gasteiger partial charge in [0, 0.05) is 42.4 Å². The van der Waals surface area contributed by atoms with Gasteiger partial charge in [-0.3, -0.25) is 9.59 Å². The van der Waals surface area contributed by atoms with E-state index in [2.05, 4.69) is 5.32 Å². The van der Waals surface area contributed by atoms with Gasteiger partial charge in [-0.25, -0.2) is 0 Å². The van der Waals surface area contributed by atoms with Crippen LogP contribution in [0, 0.1) is 0 Å². The highest BCUT2D eigenvalue weighted by Crippen LogP contribution is 2.29. The molecule has 23 heavy (non-hydrogen) atoms. The fourth-order valence-electron chi connectivity index (χ4n) is 2.35. The molecule has 1 fully saturated rings. The van der Waals surface area contributed by atoms with Crippen LogP contribution in [0.2, 0.25) is 0 Å². The molecule has 2 heterocycles. The Balaban J connectivity index is 1.49. The number of nitrogens with zero attached hydrogens (tertiary/aromatic N) is 1. The number of rotatable bonds is 6. The van der Waals surface area contributed by atoms with Gasteiger partial charge in [0.25, 0.3) is 5.91 Å². The van der Waals surface area contributed by atoms with Crippen molar-refractivity contribution in [3.8, 4) is 0 Å². The lowest BCUT2D eigenvalue weighted by Gasteiger charge is -2.08. The van der Waals surface area contributed by atoms with Crippen LogP contribution in [0.1, 0.15) is 16.8 Å². The van der Waals surface area contributed by atoms with E-state index in [-0.39, 0.29) is 17.1 Å². The van der Waals surface area contributed by atoms with Gasteiger partial charge in [-0.1, -0.05) is 0 Å². The summed E-state index contributed by atoms with van der Waals surface area (Å²) in [6.07, 6.45) is 4.67. The fourth-order valence-corrected chi connectivity index (χ4v) is 3.35. The predicted molar refractivity (Wildman–Crippen MR) is 88.4 cm³/mol. The molecule has 0 saturated carbocycles. The summed E-state index contributed by atoms with van der Waals surface area (Å²) in [5, 5.41) is 2.77. The molecular formula is C17H18N2O3S. The van der Waals surface area contributed by atoms with E-state index in [1.54, 1.807) is 12.1 Å². The molecule has 1 atom stereocenters. The minimum Gasteiger partial charge on any atom is -0.465 e. The summed E-state index contributed by atoms with van der Waals surface area (Å²) >= 11 is 1.49. The first-order valence-corrected chi connectivity index (χ1v) is 8.42. The molecule has 0 unspecified atom stereocenters. The van der Waals surface area contributed by atoms with Crippen molar-refractivity contribution in [2.45, 2.75) is 23.1 Å². The summed E-state index contributed by atoms with van der Waals surface area (Å²) in [4.78, 5) is 24.5. The van der Waals surface area contributed by atoms with Crippen LogP contribution in [0.5, 0.6) is 0 Å². The second kappa shape index (κ2) is 7.37. The van der Waals surface area contributed by atoms with Gasteiger partial charge in [-0.05, 0) is 36.4 Å². The number of amides is 1. The van der Waals surface area contributed by atoms with Crippen LogP contribution in [0.4, 0.5) is 0 Å². The number of carbonyl (C=O) groups is 2. The Morgan fingerprint density at radius 1 is 1.26 bits per heavy atom. The minimum absolute atomic E-state index is 0.0889. The molecule has 1 aromatic heterocycles. The molecule has 0 bridgehead atoms. The lowest BCUT2D eigenvalue weighted by Crippen LogP contribution is -2.26. The van der Waals surface area contributed by atoms with Crippen molar-refractivity contribution in [3.05, 3.63) is 54.4 Å². The molecule has 0 radical (unpaired) electrons.